The summed E-state index contributed by atoms with van der Waals surface area (Å²) in [7, 11) is 1.56. The number of carbonyl (C=O) groups is 1. The molecule has 0 saturated carbocycles. The minimum Gasteiger partial charge on any atom is -0.493 e. The maximum atomic E-state index is 10.8. The molecular formula is C18H20O4. The molecule has 0 amide bonds. The van der Waals surface area contributed by atoms with Gasteiger partial charge in [0.2, 0.25) is 0 Å². The summed E-state index contributed by atoms with van der Waals surface area (Å²) >= 11 is 0. The van der Waals surface area contributed by atoms with Crippen molar-refractivity contribution in [1.82, 2.24) is 0 Å². The predicted molar refractivity (Wildman–Crippen MR) is 85.3 cm³/mol. The van der Waals surface area contributed by atoms with E-state index in [0.717, 1.165) is 23.2 Å². The smallest absolute Gasteiger partial charge is 0.162 e. The standard InChI is InChI=1S/C18H20O4/c1-13-8-14(2)10-16(9-13)21-6-7-22-18-11-15(12-19)4-5-17(18)20-3/h4-5,8-12H,6-7H2,1-3H3. The van der Waals surface area contributed by atoms with E-state index in [9.17, 15) is 4.79 Å². The topological polar surface area (TPSA) is 44.8 Å². The number of carbonyl (C=O) groups excluding carboxylic acids is 1. The average molecular weight is 300 g/mol. The van der Waals surface area contributed by atoms with Crippen LogP contribution < -0.4 is 14.2 Å². The van der Waals surface area contributed by atoms with Gasteiger partial charge in [-0.15, -0.1) is 0 Å². The van der Waals surface area contributed by atoms with Crippen LogP contribution in [0.5, 0.6) is 17.2 Å². The molecule has 0 spiro atoms. The summed E-state index contributed by atoms with van der Waals surface area (Å²) in [6.07, 6.45) is 0.776. The molecule has 0 bridgehead atoms. The number of methoxy groups -OCH3 is 1. The molecule has 4 nitrogen and oxygen atoms in total. The van der Waals surface area contributed by atoms with Crippen molar-refractivity contribution in [3.63, 3.8) is 0 Å². The molecule has 0 aliphatic rings. The summed E-state index contributed by atoms with van der Waals surface area (Å²) in [5.41, 5.74) is 2.87. The van der Waals surface area contributed by atoms with Crippen molar-refractivity contribution in [3.05, 3.63) is 53.1 Å². The second kappa shape index (κ2) is 7.50. The molecule has 0 heterocycles. The fourth-order valence-corrected chi connectivity index (χ4v) is 2.21. The van der Waals surface area contributed by atoms with Crippen LogP contribution in [0.25, 0.3) is 0 Å². The molecule has 0 unspecified atom stereocenters. The molecule has 0 fully saturated rings. The molecule has 0 aliphatic carbocycles. The number of rotatable bonds is 7. The highest BCUT2D eigenvalue weighted by Crippen LogP contribution is 2.27. The SMILES string of the molecule is COc1ccc(C=O)cc1OCCOc1cc(C)cc(C)c1. The minimum absolute atomic E-state index is 0.367. The highest BCUT2D eigenvalue weighted by atomic mass is 16.5. The van der Waals surface area contributed by atoms with Crippen molar-refractivity contribution in [2.45, 2.75) is 13.8 Å². The second-order valence-electron chi connectivity index (χ2n) is 5.05. The fourth-order valence-electron chi connectivity index (χ4n) is 2.21. The van der Waals surface area contributed by atoms with Gasteiger partial charge in [-0.2, -0.15) is 0 Å². The first-order valence-corrected chi connectivity index (χ1v) is 7.09. The Morgan fingerprint density at radius 3 is 2.23 bits per heavy atom. The number of hydrogen-bond acceptors (Lipinski definition) is 4. The first-order chi connectivity index (χ1) is 10.6. The Hall–Kier alpha value is -2.49. The average Bonchev–Trinajstić information content (AvgIpc) is 2.50. The number of aldehydes is 1. The number of benzene rings is 2. The lowest BCUT2D eigenvalue weighted by molar-refractivity contribution is 0.112. The Kier molecular flexibility index (Phi) is 5.42. The summed E-state index contributed by atoms with van der Waals surface area (Å²) in [6.45, 7) is 4.85. The highest BCUT2D eigenvalue weighted by Gasteiger charge is 2.06. The van der Waals surface area contributed by atoms with E-state index in [2.05, 4.69) is 6.07 Å². The van der Waals surface area contributed by atoms with E-state index in [1.165, 1.54) is 0 Å². The molecule has 0 N–H and O–H groups in total. The summed E-state index contributed by atoms with van der Waals surface area (Å²) in [5.74, 6) is 1.96. The molecule has 2 rings (SSSR count). The molecule has 2 aromatic carbocycles. The molecule has 116 valence electrons. The van der Waals surface area contributed by atoms with Gasteiger partial charge in [-0.1, -0.05) is 6.07 Å². The van der Waals surface area contributed by atoms with Crippen molar-refractivity contribution in [2.24, 2.45) is 0 Å². The summed E-state index contributed by atoms with van der Waals surface area (Å²) in [4.78, 5) is 10.8. The lowest BCUT2D eigenvalue weighted by Gasteiger charge is -2.12. The maximum absolute atomic E-state index is 10.8. The molecule has 0 atom stereocenters. The molecule has 22 heavy (non-hydrogen) atoms. The third kappa shape index (κ3) is 4.25. The van der Waals surface area contributed by atoms with Crippen LogP contribution in [0.4, 0.5) is 0 Å². The van der Waals surface area contributed by atoms with Crippen molar-refractivity contribution < 1.29 is 19.0 Å². The van der Waals surface area contributed by atoms with E-state index >= 15 is 0 Å². The Labute approximate surface area is 130 Å². The van der Waals surface area contributed by atoms with E-state index in [0.29, 0.717) is 30.3 Å². The molecule has 0 aromatic heterocycles. The van der Waals surface area contributed by atoms with Crippen LogP contribution in [0.1, 0.15) is 21.5 Å². The Bertz CT molecular complexity index is 629. The zero-order valence-electron chi connectivity index (χ0n) is 13.1. The van der Waals surface area contributed by atoms with Gasteiger partial charge in [0.05, 0.1) is 7.11 Å². The Morgan fingerprint density at radius 2 is 1.59 bits per heavy atom. The Morgan fingerprint density at radius 1 is 0.909 bits per heavy atom. The molecule has 0 saturated heterocycles. The number of hydrogen-bond donors (Lipinski definition) is 0. The van der Waals surface area contributed by atoms with Gasteiger partial charge in [-0.05, 0) is 55.3 Å². The van der Waals surface area contributed by atoms with E-state index in [1.807, 2.05) is 26.0 Å². The summed E-state index contributed by atoms with van der Waals surface area (Å²) in [5, 5.41) is 0. The lowest BCUT2D eigenvalue weighted by Crippen LogP contribution is -2.10. The van der Waals surface area contributed by atoms with Crippen LogP contribution in [0.3, 0.4) is 0 Å². The van der Waals surface area contributed by atoms with Crippen molar-refractivity contribution in [2.75, 3.05) is 20.3 Å². The molecule has 2 aromatic rings. The first kappa shape index (κ1) is 15.9. The van der Waals surface area contributed by atoms with Crippen LogP contribution in [0.2, 0.25) is 0 Å². The summed E-state index contributed by atoms with van der Waals surface area (Å²) < 4.78 is 16.5. The third-order valence-corrected chi connectivity index (χ3v) is 3.13. The molecular weight excluding hydrogens is 280 g/mol. The van der Waals surface area contributed by atoms with Crippen molar-refractivity contribution >= 4 is 6.29 Å². The monoisotopic (exact) mass is 300 g/mol. The van der Waals surface area contributed by atoms with Gasteiger partial charge >= 0.3 is 0 Å². The van der Waals surface area contributed by atoms with E-state index in [-0.39, 0.29) is 0 Å². The van der Waals surface area contributed by atoms with Gasteiger partial charge in [-0.3, -0.25) is 4.79 Å². The van der Waals surface area contributed by atoms with E-state index in [1.54, 1.807) is 25.3 Å². The largest absolute Gasteiger partial charge is 0.493 e. The van der Waals surface area contributed by atoms with Crippen LogP contribution >= 0.6 is 0 Å². The van der Waals surface area contributed by atoms with Gasteiger partial charge in [-0.25, -0.2) is 0 Å². The van der Waals surface area contributed by atoms with Gasteiger partial charge in [0, 0.05) is 5.56 Å². The predicted octanol–water partition coefficient (Wildman–Crippen LogP) is 3.58. The maximum Gasteiger partial charge on any atom is 0.162 e. The molecule has 4 heteroatoms. The zero-order chi connectivity index (χ0) is 15.9. The fraction of sp³-hybridized carbons (Fsp3) is 0.278. The van der Waals surface area contributed by atoms with Gasteiger partial charge < -0.3 is 14.2 Å². The highest BCUT2D eigenvalue weighted by molar-refractivity contribution is 5.76. The van der Waals surface area contributed by atoms with Crippen molar-refractivity contribution in [3.8, 4) is 17.2 Å². The van der Waals surface area contributed by atoms with Gasteiger partial charge in [0.15, 0.2) is 11.5 Å². The van der Waals surface area contributed by atoms with Crippen LogP contribution in [-0.4, -0.2) is 26.6 Å². The van der Waals surface area contributed by atoms with Gasteiger partial charge in [0.25, 0.3) is 0 Å². The van der Waals surface area contributed by atoms with Crippen LogP contribution in [0.15, 0.2) is 36.4 Å². The first-order valence-electron chi connectivity index (χ1n) is 7.09. The molecule has 0 radical (unpaired) electrons. The van der Waals surface area contributed by atoms with Crippen molar-refractivity contribution in [1.29, 1.82) is 0 Å². The quantitative estimate of drug-likeness (QED) is 0.579. The zero-order valence-corrected chi connectivity index (χ0v) is 13.1. The lowest BCUT2D eigenvalue weighted by atomic mass is 10.1. The Balaban J connectivity index is 1.92. The normalized spacial score (nSPS) is 10.1. The van der Waals surface area contributed by atoms with E-state index < -0.39 is 0 Å². The number of aryl methyl sites for hydroxylation is 2. The molecule has 0 aliphatic heterocycles. The van der Waals surface area contributed by atoms with Crippen LogP contribution in [-0.2, 0) is 0 Å². The minimum atomic E-state index is 0.367. The van der Waals surface area contributed by atoms with Gasteiger partial charge in [0.1, 0.15) is 25.2 Å². The second-order valence-corrected chi connectivity index (χ2v) is 5.05. The number of ether oxygens (including phenoxy) is 3. The van der Waals surface area contributed by atoms with Crippen LogP contribution in [0, 0.1) is 13.8 Å². The van der Waals surface area contributed by atoms with E-state index in [4.69, 9.17) is 14.2 Å². The summed E-state index contributed by atoms with van der Waals surface area (Å²) in [6, 6.07) is 11.1. The third-order valence-electron chi connectivity index (χ3n) is 3.13.